The van der Waals surface area contributed by atoms with Crippen LogP contribution in [0.4, 0.5) is 11.4 Å². The van der Waals surface area contributed by atoms with Crippen molar-refractivity contribution < 1.29 is 38.2 Å². The van der Waals surface area contributed by atoms with Gasteiger partial charge in [-0.3, -0.25) is 29.0 Å². The van der Waals surface area contributed by atoms with Gasteiger partial charge in [0.2, 0.25) is 23.6 Å². The van der Waals surface area contributed by atoms with Crippen molar-refractivity contribution in [3.63, 3.8) is 0 Å². The van der Waals surface area contributed by atoms with E-state index in [4.69, 9.17) is 14.2 Å². The summed E-state index contributed by atoms with van der Waals surface area (Å²) in [6, 6.07) is 13.3. The highest BCUT2D eigenvalue weighted by Crippen LogP contribution is 2.68. The van der Waals surface area contributed by atoms with Gasteiger partial charge in [-0.15, -0.1) is 0 Å². The highest BCUT2D eigenvalue weighted by atomic mass is 16.5. The Labute approximate surface area is 249 Å². The van der Waals surface area contributed by atoms with E-state index in [1.54, 1.807) is 69.3 Å². The largest absolute Gasteiger partial charge is 0.494 e. The topological polar surface area (TPSA) is 120 Å². The lowest BCUT2D eigenvalue weighted by Crippen LogP contribution is -2.61. The summed E-state index contributed by atoms with van der Waals surface area (Å²) in [6.07, 6.45) is 0. The molecule has 2 aromatic rings. The highest BCUT2D eigenvalue weighted by Gasteiger charge is 2.77. The van der Waals surface area contributed by atoms with Crippen LogP contribution in [0.15, 0.2) is 59.7 Å². The molecule has 2 heterocycles. The lowest BCUT2D eigenvalue weighted by Gasteiger charge is -2.55. The van der Waals surface area contributed by atoms with E-state index in [9.17, 15) is 24.0 Å². The molecule has 224 valence electrons. The predicted molar refractivity (Wildman–Crippen MR) is 155 cm³/mol. The number of rotatable bonds is 8. The lowest BCUT2D eigenvalue weighted by molar-refractivity contribution is -0.155. The van der Waals surface area contributed by atoms with Crippen molar-refractivity contribution in [2.24, 2.45) is 35.0 Å². The summed E-state index contributed by atoms with van der Waals surface area (Å²) < 4.78 is 16.5. The molecule has 43 heavy (non-hydrogen) atoms. The molecule has 0 spiro atoms. The average molecular weight is 587 g/mol. The second-order valence-electron chi connectivity index (χ2n) is 11.5. The van der Waals surface area contributed by atoms with Crippen molar-refractivity contribution in [3.8, 4) is 11.5 Å². The van der Waals surface area contributed by atoms with Crippen molar-refractivity contribution in [1.82, 2.24) is 0 Å². The SMILES string of the molecule is CCOC(=O)C1=C(C)C2[C@H]3C(=O)N(c4ccc(OCC)cc4)C(=O)[C@H]3C1(C)[C@@H]1C(=O)N(c3ccc(OCC)cc3)C(=O)[C@H]21. The number of nitrogens with zero attached hydrogens (tertiary/aromatic N) is 2. The maximum absolute atomic E-state index is 14.3. The number of hydrogen-bond donors (Lipinski definition) is 0. The van der Waals surface area contributed by atoms with Gasteiger partial charge in [-0.05, 0) is 76.2 Å². The number of carbonyl (C=O) groups excluding carboxylic acids is 5. The Morgan fingerprint density at radius 1 is 0.674 bits per heavy atom. The first-order valence-electron chi connectivity index (χ1n) is 14.7. The van der Waals surface area contributed by atoms with Crippen molar-refractivity contribution in [2.45, 2.75) is 34.6 Å². The van der Waals surface area contributed by atoms with Gasteiger partial charge in [0, 0.05) is 16.9 Å². The van der Waals surface area contributed by atoms with Crippen LogP contribution in [0.5, 0.6) is 11.5 Å². The number of imide groups is 2. The minimum Gasteiger partial charge on any atom is -0.494 e. The highest BCUT2D eigenvalue weighted by molar-refractivity contribution is 6.27. The molecular weight excluding hydrogens is 552 g/mol. The van der Waals surface area contributed by atoms with Crippen molar-refractivity contribution in [3.05, 3.63) is 59.7 Å². The van der Waals surface area contributed by atoms with E-state index in [0.717, 1.165) is 9.80 Å². The van der Waals surface area contributed by atoms with Crippen LogP contribution in [0.3, 0.4) is 0 Å². The summed E-state index contributed by atoms with van der Waals surface area (Å²) in [5.74, 6) is -6.07. The van der Waals surface area contributed by atoms with Crippen LogP contribution < -0.4 is 19.3 Å². The molecule has 2 aromatic carbocycles. The molecule has 10 nitrogen and oxygen atoms in total. The maximum Gasteiger partial charge on any atom is 0.334 e. The Morgan fingerprint density at radius 2 is 1.09 bits per heavy atom. The molecule has 0 N–H and O–H groups in total. The van der Waals surface area contributed by atoms with Gasteiger partial charge < -0.3 is 14.2 Å². The van der Waals surface area contributed by atoms with Gasteiger partial charge in [-0.1, -0.05) is 12.5 Å². The molecule has 0 radical (unpaired) electrons. The zero-order chi connectivity index (χ0) is 30.8. The Kier molecular flexibility index (Phi) is 6.90. The number of carbonyl (C=O) groups is 5. The molecule has 2 aliphatic heterocycles. The number of anilines is 2. The molecule has 5 aliphatic rings. The zero-order valence-electron chi connectivity index (χ0n) is 24.8. The third-order valence-corrected chi connectivity index (χ3v) is 9.49. The monoisotopic (exact) mass is 586 g/mol. The quantitative estimate of drug-likeness (QED) is 0.337. The second kappa shape index (κ2) is 10.4. The van der Waals surface area contributed by atoms with Crippen molar-refractivity contribution in [2.75, 3.05) is 29.6 Å². The summed E-state index contributed by atoms with van der Waals surface area (Å²) >= 11 is 0. The summed E-state index contributed by atoms with van der Waals surface area (Å²) in [4.78, 5) is 72.7. The molecule has 2 saturated heterocycles. The molecule has 0 unspecified atom stereocenters. The summed E-state index contributed by atoms with van der Waals surface area (Å²) in [6.45, 7) is 9.80. The Hall–Kier alpha value is -4.47. The number of hydrogen-bond acceptors (Lipinski definition) is 8. The molecule has 4 amide bonds. The molecule has 0 aromatic heterocycles. The molecule has 3 fully saturated rings. The van der Waals surface area contributed by atoms with Gasteiger partial charge in [0.25, 0.3) is 0 Å². The van der Waals surface area contributed by atoms with Crippen molar-refractivity contribution in [1.29, 1.82) is 0 Å². The van der Waals surface area contributed by atoms with Gasteiger partial charge in [0.05, 0.1) is 54.9 Å². The first-order chi connectivity index (χ1) is 20.6. The van der Waals surface area contributed by atoms with Crippen molar-refractivity contribution >= 4 is 41.0 Å². The fourth-order valence-electron chi connectivity index (χ4n) is 8.03. The number of benzene rings is 2. The second-order valence-corrected chi connectivity index (χ2v) is 11.5. The van der Waals surface area contributed by atoms with Gasteiger partial charge in [0.15, 0.2) is 0 Å². The minimum absolute atomic E-state index is 0.0922. The summed E-state index contributed by atoms with van der Waals surface area (Å²) in [7, 11) is 0. The number of amides is 4. The van der Waals surface area contributed by atoms with E-state index < -0.39 is 64.6 Å². The van der Waals surface area contributed by atoms with Gasteiger partial charge in [-0.25, -0.2) is 4.79 Å². The van der Waals surface area contributed by atoms with Gasteiger partial charge in [0.1, 0.15) is 11.5 Å². The third kappa shape index (κ3) is 3.88. The van der Waals surface area contributed by atoms with Crippen LogP contribution in [-0.2, 0) is 28.7 Å². The average Bonchev–Trinajstić information content (AvgIpc) is 3.40. The number of allylic oxidation sites excluding steroid dienone is 1. The van der Waals surface area contributed by atoms with Crippen LogP contribution in [0.25, 0.3) is 0 Å². The Morgan fingerprint density at radius 3 is 1.47 bits per heavy atom. The Balaban J connectivity index is 1.47. The van der Waals surface area contributed by atoms with Crippen LogP contribution in [-0.4, -0.2) is 49.4 Å². The standard InChI is InChI=1S/C33H34N2O8/c1-6-41-20-13-9-18(10-14-20)34-28(36)23-22-17(4)25(32(40)43-8-3)33(5,26(23)30(34)38)27-24(22)29(37)35(31(27)39)19-11-15-21(16-12-19)42-7-2/h9-16,22-24,26-27H,6-8H2,1-5H3/t22?,23-,24-,26+,27+,33?/m1/s1. The summed E-state index contributed by atoms with van der Waals surface area (Å²) in [5.41, 5.74) is 0.00837. The predicted octanol–water partition coefficient (Wildman–Crippen LogP) is 3.92. The molecule has 10 heteroatoms. The first kappa shape index (κ1) is 28.6. The van der Waals surface area contributed by atoms with Gasteiger partial charge in [-0.2, -0.15) is 0 Å². The molecule has 1 saturated carbocycles. The first-order valence-corrected chi connectivity index (χ1v) is 14.7. The van der Waals surface area contributed by atoms with E-state index in [0.29, 0.717) is 41.7 Å². The Bertz CT molecular complexity index is 1470. The maximum atomic E-state index is 14.3. The van der Waals surface area contributed by atoms with E-state index in [-0.39, 0.29) is 12.2 Å². The van der Waals surface area contributed by atoms with Gasteiger partial charge >= 0.3 is 5.97 Å². The van der Waals surface area contributed by atoms with E-state index in [1.165, 1.54) is 0 Å². The lowest BCUT2D eigenvalue weighted by atomic mass is 9.43. The van der Waals surface area contributed by atoms with E-state index >= 15 is 0 Å². The summed E-state index contributed by atoms with van der Waals surface area (Å²) in [5, 5.41) is 0. The molecule has 2 bridgehead atoms. The molecular formula is C33H34N2O8. The minimum atomic E-state index is -1.46. The van der Waals surface area contributed by atoms with Crippen LogP contribution in [0.1, 0.15) is 34.6 Å². The molecule has 4 atom stereocenters. The zero-order valence-corrected chi connectivity index (χ0v) is 24.8. The number of ether oxygens (including phenoxy) is 3. The molecule has 3 aliphatic carbocycles. The third-order valence-electron chi connectivity index (χ3n) is 9.49. The molecule has 7 rings (SSSR count). The van der Waals surface area contributed by atoms with Crippen LogP contribution in [0, 0.1) is 35.0 Å². The van der Waals surface area contributed by atoms with E-state index in [1.807, 2.05) is 13.8 Å². The van der Waals surface area contributed by atoms with Crippen LogP contribution in [0.2, 0.25) is 0 Å². The fraction of sp³-hybridized carbons (Fsp3) is 0.424. The smallest absolute Gasteiger partial charge is 0.334 e. The number of esters is 1. The van der Waals surface area contributed by atoms with E-state index in [2.05, 4.69) is 0 Å². The normalized spacial score (nSPS) is 29.3. The van der Waals surface area contributed by atoms with Crippen LogP contribution >= 0.6 is 0 Å². The fourth-order valence-corrected chi connectivity index (χ4v) is 8.03.